The number of carbonyl (C=O) groups excluding carboxylic acids is 1. The number of nitrogens with one attached hydrogen (secondary N) is 3. The van der Waals surface area contributed by atoms with E-state index >= 15 is 0 Å². The van der Waals surface area contributed by atoms with Crippen molar-refractivity contribution in [3.05, 3.63) is 47.4 Å². The van der Waals surface area contributed by atoms with Crippen molar-refractivity contribution < 1.29 is 28.9 Å². The van der Waals surface area contributed by atoms with Crippen LogP contribution in [0.5, 0.6) is 5.88 Å². The maximum absolute atomic E-state index is 13.4. The number of fused-ring (bicyclic) bond motifs is 1. The van der Waals surface area contributed by atoms with Gasteiger partial charge in [0.2, 0.25) is 5.88 Å². The van der Waals surface area contributed by atoms with Crippen LogP contribution in [-0.2, 0) is 11.3 Å². The molecule has 1 aromatic carbocycles. The zero-order valence-electron chi connectivity index (χ0n) is 18.1. The second-order valence-corrected chi connectivity index (χ2v) is 7.95. The third kappa shape index (κ3) is 4.90. The summed E-state index contributed by atoms with van der Waals surface area (Å²) < 4.78 is 23.9. The van der Waals surface area contributed by atoms with Crippen LogP contribution in [-0.4, -0.2) is 57.4 Å². The Morgan fingerprint density at radius 2 is 2.06 bits per heavy atom. The number of carbonyl (C=O) groups is 1. The first kappa shape index (κ1) is 22.9. The maximum Gasteiger partial charge on any atom is 0.320 e. The molecule has 10 nitrogen and oxygen atoms in total. The Morgan fingerprint density at radius 3 is 2.70 bits per heavy atom. The van der Waals surface area contributed by atoms with Crippen molar-refractivity contribution in [1.29, 1.82) is 0 Å². The van der Waals surface area contributed by atoms with Gasteiger partial charge in [-0.05, 0) is 37.0 Å². The van der Waals surface area contributed by atoms with Gasteiger partial charge in [0.1, 0.15) is 18.2 Å². The van der Waals surface area contributed by atoms with Crippen LogP contribution in [0.15, 0.2) is 30.3 Å². The molecule has 0 aliphatic heterocycles. The van der Waals surface area contributed by atoms with Crippen molar-refractivity contribution >= 4 is 22.8 Å². The van der Waals surface area contributed by atoms with Gasteiger partial charge in [-0.3, -0.25) is 10.4 Å². The molecule has 5 N–H and O–H groups in total. The molecule has 0 unspecified atom stereocenters. The summed E-state index contributed by atoms with van der Waals surface area (Å²) in [5.41, 5.74) is 0.279. The number of pyridine rings is 1. The van der Waals surface area contributed by atoms with Crippen LogP contribution in [0, 0.1) is 5.82 Å². The lowest BCUT2D eigenvalue weighted by molar-refractivity contribution is -0.0627. The van der Waals surface area contributed by atoms with Crippen LogP contribution < -0.4 is 15.4 Å². The number of hydrogen-bond donors (Lipinski definition) is 5. The highest BCUT2D eigenvalue weighted by atomic mass is 19.1. The maximum atomic E-state index is 13.4. The SMILES string of the molecule is COCCOc1n[nH]c2cc(NC(=O)N[C@@H](c3ccc(F)cc3)C3(O)CCC3)nc(CO)c12. The molecular weight excluding hydrogens is 433 g/mol. The Labute approximate surface area is 189 Å². The van der Waals surface area contributed by atoms with Gasteiger partial charge in [0.15, 0.2) is 0 Å². The van der Waals surface area contributed by atoms with Crippen molar-refractivity contribution in [2.24, 2.45) is 0 Å². The average Bonchev–Trinajstić information content (AvgIpc) is 3.19. The normalized spacial score (nSPS) is 15.6. The number of urea groups is 1. The van der Waals surface area contributed by atoms with E-state index in [2.05, 4.69) is 25.8 Å². The van der Waals surface area contributed by atoms with E-state index in [1.165, 1.54) is 12.1 Å². The highest BCUT2D eigenvalue weighted by Gasteiger charge is 2.44. The number of ether oxygens (including phenoxy) is 2. The summed E-state index contributed by atoms with van der Waals surface area (Å²) in [6.45, 7) is 0.251. The van der Waals surface area contributed by atoms with E-state index in [0.717, 1.165) is 6.42 Å². The summed E-state index contributed by atoms with van der Waals surface area (Å²) in [7, 11) is 1.56. The molecular formula is C22H26FN5O5. The van der Waals surface area contributed by atoms with E-state index in [1.807, 2.05) is 0 Å². The van der Waals surface area contributed by atoms with Crippen LogP contribution in [0.4, 0.5) is 15.0 Å². The summed E-state index contributed by atoms with van der Waals surface area (Å²) in [5.74, 6) is 0.0505. The molecule has 0 radical (unpaired) electrons. The van der Waals surface area contributed by atoms with Gasteiger partial charge >= 0.3 is 6.03 Å². The van der Waals surface area contributed by atoms with E-state index < -0.39 is 30.1 Å². The minimum atomic E-state index is -1.11. The molecule has 1 fully saturated rings. The number of anilines is 1. The Bertz CT molecular complexity index is 1120. The summed E-state index contributed by atoms with van der Waals surface area (Å²) in [4.78, 5) is 17.1. The lowest BCUT2D eigenvalue weighted by Gasteiger charge is -2.43. The number of hydrogen-bond acceptors (Lipinski definition) is 7. The molecule has 3 aromatic rings. The Hall–Kier alpha value is -3.28. The van der Waals surface area contributed by atoms with Crippen LogP contribution in [0.3, 0.4) is 0 Å². The van der Waals surface area contributed by atoms with Crippen molar-refractivity contribution in [1.82, 2.24) is 20.5 Å². The number of rotatable bonds is 9. The van der Waals surface area contributed by atoms with Crippen LogP contribution >= 0.6 is 0 Å². The van der Waals surface area contributed by atoms with E-state index in [4.69, 9.17) is 9.47 Å². The van der Waals surface area contributed by atoms with Gasteiger partial charge in [-0.15, -0.1) is 5.10 Å². The van der Waals surface area contributed by atoms with Gasteiger partial charge in [0.25, 0.3) is 0 Å². The second kappa shape index (κ2) is 9.69. The minimum absolute atomic E-state index is 0.176. The molecule has 2 amide bonds. The fourth-order valence-corrected chi connectivity index (χ4v) is 3.89. The summed E-state index contributed by atoms with van der Waals surface area (Å²) in [6, 6.07) is 5.91. The zero-order valence-corrected chi connectivity index (χ0v) is 18.1. The molecule has 2 aromatic heterocycles. The van der Waals surface area contributed by atoms with E-state index in [9.17, 15) is 19.4 Å². The van der Waals surface area contributed by atoms with Gasteiger partial charge in [-0.1, -0.05) is 12.1 Å². The molecule has 1 aliphatic rings. The monoisotopic (exact) mass is 459 g/mol. The molecule has 0 spiro atoms. The van der Waals surface area contributed by atoms with Gasteiger partial charge in [0.05, 0.1) is 41.5 Å². The first-order chi connectivity index (χ1) is 15.9. The number of aliphatic hydroxyl groups is 2. The van der Waals surface area contributed by atoms with Crippen molar-refractivity contribution in [2.45, 2.75) is 37.5 Å². The molecule has 11 heteroatoms. The number of aromatic amines is 1. The first-order valence-electron chi connectivity index (χ1n) is 10.6. The smallest absolute Gasteiger partial charge is 0.320 e. The summed E-state index contributed by atoms with van der Waals surface area (Å²) >= 11 is 0. The highest BCUT2D eigenvalue weighted by Crippen LogP contribution is 2.42. The number of benzene rings is 1. The lowest BCUT2D eigenvalue weighted by atomic mass is 9.72. The fraction of sp³-hybridized carbons (Fsp3) is 0.409. The summed E-state index contributed by atoms with van der Waals surface area (Å²) in [6.07, 6.45) is 1.88. The molecule has 2 heterocycles. The first-order valence-corrected chi connectivity index (χ1v) is 10.6. The van der Waals surface area contributed by atoms with E-state index in [-0.39, 0.29) is 24.0 Å². The zero-order chi connectivity index (χ0) is 23.4. The topological polar surface area (TPSA) is 142 Å². The highest BCUT2D eigenvalue weighted by molar-refractivity contribution is 5.93. The van der Waals surface area contributed by atoms with Crippen LogP contribution in [0.2, 0.25) is 0 Å². The Balaban J connectivity index is 1.53. The van der Waals surface area contributed by atoms with E-state index in [0.29, 0.717) is 35.9 Å². The summed E-state index contributed by atoms with van der Waals surface area (Å²) in [5, 5.41) is 33.5. The average molecular weight is 459 g/mol. The van der Waals surface area contributed by atoms with Gasteiger partial charge in [0, 0.05) is 13.2 Å². The standard InChI is InChI=1S/C22H26FN5O5/c1-32-9-10-33-20-18-15(27-28-20)11-17(24-16(18)12-29)25-21(30)26-19(22(31)7-2-8-22)13-3-5-14(23)6-4-13/h3-6,11,19,29,31H,2,7-10,12H2,1H3,(H,27,28)(H2,24,25,26,30)/t19-/m0/s1. The predicted octanol–water partition coefficient (Wildman–Crippen LogP) is 2.39. The molecule has 0 saturated heterocycles. The largest absolute Gasteiger partial charge is 0.474 e. The molecule has 33 heavy (non-hydrogen) atoms. The molecule has 1 atom stereocenters. The van der Waals surface area contributed by atoms with Crippen molar-refractivity contribution in [3.8, 4) is 5.88 Å². The van der Waals surface area contributed by atoms with Crippen molar-refractivity contribution in [2.75, 3.05) is 25.6 Å². The number of nitrogens with zero attached hydrogens (tertiary/aromatic N) is 2. The number of methoxy groups -OCH3 is 1. The third-order valence-corrected chi connectivity index (χ3v) is 5.74. The molecule has 1 saturated carbocycles. The van der Waals surface area contributed by atoms with Crippen LogP contribution in [0.1, 0.15) is 36.6 Å². The number of aliphatic hydroxyl groups excluding tert-OH is 1. The lowest BCUT2D eigenvalue weighted by Crippen LogP contribution is -2.51. The second-order valence-electron chi connectivity index (χ2n) is 7.95. The molecule has 4 rings (SSSR count). The molecule has 1 aliphatic carbocycles. The van der Waals surface area contributed by atoms with Crippen LogP contribution in [0.25, 0.3) is 10.9 Å². The minimum Gasteiger partial charge on any atom is -0.474 e. The quantitative estimate of drug-likeness (QED) is 0.309. The van der Waals surface area contributed by atoms with Gasteiger partial charge < -0.3 is 25.0 Å². The number of halogens is 1. The van der Waals surface area contributed by atoms with Gasteiger partial charge in [-0.25, -0.2) is 14.2 Å². The Kier molecular flexibility index (Phi) is 6.72. The molecule has 176 valence electrons. The number of H-pyrrole nitrogens is 1. The predicted molar refractivity (Wildman–Crippen MR) is 117 cm³/mol. The van der Waals surface area contributed by atoms with E-state index in [1.54, 1.807) is 25.3 Å². The number of amides is 2. The Morgan fingerprint density at radius 1 is 1.30 bits per heavy atom. The third-order valence-electron chi connectivity index (χ3n) is 5.74. The molecule has 0 bridgehead atoms. The van der Waals surface area contributed by atoms with Crippen molar-refractivity contribution in [3.63, 3.8) is 0 Å². The number of aromatic nitrogens is 3. The fourth-order valence-electron chi connectivity index (χ4n) is 3.89. The van der Waals surface area contributed by atoms with Gasteiger partial charge in [-0.2, -0.15) is 0 Å².